The van der Waals surface area contributed by atoms with E-state index < -0.39 is 0 Å². The molecule has 0 amide bonds. The summed E-state index contributed by atoms with van der Waals surface area (Å²) in [4.78, 5) is 12.1. The van der Waals surface area contributed by atoms with Crippen LogP contribution in [-0.2, 0) is 12.3 Å². The zero-order valence-corrected chi connectivity index (χ0v) is 12.8. The van der Waals surface area contributed by atoms with Crippen molar-refractivity contribution >= 4 is 12.6 Å². The summed E-state index contributed by atoms with van der Waals surface area (Å²) in [5.41, 5.74) is 3.29. The molecule has 2 rings (SSSR count). The molecule has 5 heteroatoms. The molecule has 106 valence electrons. The SMILES string of the molecule is CCn1nc(-c2cc(C)ccc2OC)cc(CS)c1=O. The van der Waals surface area contributed by atoms with Crippen molar-refractivity contribution in [3.05, 3.63) is 45.7 Å². The van der Waals surface area contributed by atoms with Gasteiger partial charge in [0.1, 0.15) is 5.75 Å². The topological polar surface area (TPSA) is 44.1 Å². The van der Waals surface area contributed by atoms with E-state index in [0.29, 0.717) is 17.9 Å². The second-order valence-corrected chi connectivity index (χ2v) is 4.85. The largest absolute Gasteiger partial charge is 0.496 e. The van der Waals surface area contributed by atoms with Gasteiger partial charge in [0.05, 0.1) is 12.8 Å². The van der Waals surface area contributed by atoms with Gasteiger partial charge in [-0.05, 0) is 32.0 Å². The minimum Gasteiger partial charge on any atom is -0.496 e. The van der Waals surface area contributed by atoms with Crippen LogP contribution in [0.1, 0.15) is 18.1 Å². The number of aromatic nitrogens is 2. The van der Waals surface area contributed by atoms with E-state index in [1.165, 1.54) is 4.68 Å². The summed E-state index contributed by atoms with van der Waals surface area (Å²) >= 11 is 4.22. The van der Waals surface area contributed by atoms with Crippen LogP contribution < -0.4 is 10.3 Å². The van der Waals surface area contributed by atoms with Gasteiger partial charge in [0.2, 0.25) is 0 Å². The van der Waals surface area contributed by atoms with E-state index in [9.17, 15) is 4.79 Å². The molecule has 20 heavy (non-hydrogen) atoms. The second-order valence-electron chi connectivity index (χ2n) is 4.54. The molecule has 0 atom stereocenters. The maximum absolute atomic E-state index is 12.1. The highest BCUT2D eigenvalue weighted by molar-refractivity contribution is 7.79. The van der Waals surface area contributed by atoms with Crippen LogP contribution in [0.5, 0.6) is 5.75 Å². The Morgan fingerprint density at radius 1 is 1.35 bits per heavy atom. The van der Waals surface area contributed by atoms with Gasteiger partial charge < -0.3 is 4.74 Å². The third-order valence-electron chi connectivity index (χ3n) is 3.15. The molecular weight excluding hydrogens is 272 g/mol. The molecule has 0 radical (unpaired) electrons. The molecule has 1 aromatic heterocycles. The average molecular weight is 290 g/mol. The number of nitrogens with zero attached hydrogens (tertiary/aromatic N) is 2. The monoisotopic (exact) mass is 290 g/mol. The Hall–Kier alpha value is -1.75. The van der Waals surface area contributed by atoms with Gasteiger partial charge in [-0.15, -0.1) is 0 Å². The van der Waals surface area contributed by atoms with Gasteiger partial charge in [0, 0.05) is 23.4 Å². The van der Waals surface area contributed by atoms with Gasteiger partial charge >= 0.3 is 0 Å². The van der Waals surface area contributed by atoms with Crippen LogP contribution in [0.25, 0.3) is 11.3 Å². The zero-order chi connectivity index (χ0) is 14.7. The van der Waals surface area contributed by atoms with Gasteiger partial charge in [-0.3, -0.25) is 4.79 Å². The number of rotatable bonds is 4. The lowest BCUT2D eigenvalue weighted by Crippen LogP contribution is -2.25. The molecule has 0 spiro atoms. The molecule has 0 fully saturated rings. The average Bonchev–Trinajstić information content (AvgIpc) is 2.47. The molecule has 1 aromatic carbocycles. The summed E-state index contributed by atoms with van der Waals surface area (Å²) in [6, 6.07) is 7.69. The lowest BCUT2D eigenvalue weighted by Gasteiger charge is -2.12. The fourth-order valence-corrected chi connectivity index (χ4v) is 2.30. The van der Waals surface area contributed by atoms with E-state index in [1.54, 1.807) is 13.2 Å². The molecule has 0 unspecified atom stereocenters. The van der Waals surface area contributed by atoms with Gasteiger partial charge in [-0.25, -0.2) is 4.68 Å². The predicted molar refractivity (Wildman–Crippen MR) is 83.6 cm³/mol. The minimum atomic E-state index is -0.0853. The van der Waals surface area contributed by atoms with Crippen molar-refractivity contribution in [2.24, 2.45) is 0 Å². The molecule has 0 aliphatic rings. The number of methoxy groups -OCH3 is 1. The van der Waals surface area contributed by atoms with Gasteiger partial charge in [-0.2, -0.15) is 17.7 Å². The van der Waals surface area contributed by atoms with Crippen LogP contribution in [0, 0.1) is 6.92 Å². The van der Waals surface area contributed by atoms with Gasteiger partial charge in [0.25, 0.3) is 5.56 Å². The third kappa shape index (κ3) is 2.72. The highest BCUT2D eigenvalue weighted by Gasteiger charge is 2.12. The summed E-state index contributed by atoms with van der Waals surface area (Å²) < 4.78 is 6.85. The van der Waals surface area contributed by atoms with E-state index in [0.717, 1.165) is 22.6 Å². The van der Waals surface area contributed by atoms with Crippen molar-refractivity contribution in [2.45, 2.75) is 26.1 Å². The quantitative estimate of drug-likeness (QED) is 0.881. The van der Waals surface area contributed by atoms with Crippen LogP contribution in [0.15, 0.2) is 29.1 Å². The lowest BCUT2D eigenvalue weighted by molar-refractivity contribution is 0.416. The van der Waals surface area contributed by atoms with Crippen molar-refractivity contribution in [3.8, 4) is 17.0 Å². The van der Waals surface area contributed by atoms with Gasteiger partial charge in [0.15, 0.2) is 0 Å². The molecule has 0 aliphatic heterocycles. The van der Waals surface area contributed by atoms with E-state index in [1.807, 2.05) is 32.0 Å². The molecule has 0 N–H and O–H groups in total. The maximum Gasteiger partial charge on any atom is 0.270 e. The Kier molecular flexibility index (Phi) is 4.49. The third-order valence-corrected chi connectivity index (χ3v) is 3.49. The smallest absolute Gasteiger partial charge is 0.270 e. The first-order valence-electron chi connectivity index (χ1n) is 6.47. The Morgan fingerprint density at radius 3 is 2.70 bits per heavy atom. The highest BCUT2D eigenvalue weighted by Crippen LogP contribution is 2.29. The predicted octanol–water partition coefficient (Wildman–Crippen LogP) is 2.68. The number of ether oxygens (including phenoxy) is 1. The summed E-state index contributed by atoms with van der Waals surface area (Å²) in [6.45, 7) is 4.44. The Labute approximate surface area is 123 Å². The first kappa shape index (κ1) is 14.7. The van der Waals surface area contributed by atoms with Crippen LogP contribution in [0.2, 0.25) is 0 Å². The molecule has 2 aromatic rings. The standard InChI is InChI=1S/C15H18N2O2S/c1-4-17-15(18)11(9-20)8-13(16-17)12-7-10(2)5-6-14(12)19-3/h5-8,20H,4,9H2,1-3H3. The molecule has 4 nitrogen and oxygen atoms in total. The number of hydrogen-bond donors (Lipinski definition) is 1. The summed E-state index contributed by atoms with van der Waals surface area (Å²) in [7, 11) is 1.63. The fourth-order valence-electron chi connectivity index (χ4n) is 2.08. The van der Waals surface area contributed by atoms with Crippen molar-refractivity contribution in [3.63, 3.8) is 0 Å². The molecule has 0 saturated heterocycles. The molecule has 1 heterocycles. The number of hydrogen-bond acceptors (Lipinski definition) is 4. The van der Waals surface area contributed by atoms with Crippen LogP contribution >= 0.6 is 12.6 Å². The fraction of sp³-hybridized carbons (Fsp3) is 0.333. The van der Waals surface area contributed by atoms with E-state index in [4.69, 9.17) is 4.74 Å². The van der Waals surface area contributed by atoms with Crippen molar-refractivity contribution < 1.29 is 4.74 Å². The normalized spacial score (nSPS) is 10.6. The van der Waals surface area contributed by atoms with Crippen molar-refractivity contribution in [1.82, 2.24) is 9.78 Å². The van der Waals surface area contributed by atoms with E-state index in [-0.39, 0.29) is 5.56 Å². The number of thiol groups is 1. The van der Waals surface area contributed by atoms with Crippen LogP contribution in [0.4, 0.5) is 0 Å². The van der Waals surface area contributed by atoms with Crippen molar-refractivity contribution in [1.29, 1.82) is 0 Å². The van der Waals surface area contributed by atoms with E-state index in [2.05, 4.69) is 17.7 Å². The number of aryl methyl sites for hydroxylation is 2. The molecule has 0 bridgehead atoms. The van der Waals surface area contributed by atoms with E-state index >= 15 is 0 Å². The Bertz CT molecular complexity index is 652. The lowest BCUT2D eigenvalue weighted by atomic mass is 10.1. The number of benzene rings is 1. The van der Waals surface area contributed by atoms with Crippen LogP contribution in [-0.4, -0.2) is 16.9 Å². The Balaban J connectivity index is 2.69. The first-order chi connectivity index (χ1) is 9.60. The minimum absolute atomic E-state index is 0.0853. The second kappa shape index (κ2) is 6.13. The highest BCUT2D eigenvalue weighted by atomic mass is 32.1. The zero-order valence-electron chi connectivity index (χ0n) is 11.9. The summed E-state index contributed by atoms with van der Waals surface area (Å²) in [5.74, 6) is 1.14. The summed E-state index contributed by atoms with van der Waals surface area (Å²) in [6.07, 6.45) is 0. The maximum atomic E-state index is 12.1. The molecule has 0 saturated carbocycles. The first-order valence-corrected chi connectivity index (χ1v) is 7.10. The Morgan fingerprint density at radius 2 is 2.10 bits per heavy atom. The molecule has 0 aliphatic carbocycles. The summed E-state index contributed by atoms with van der Waals surface area (Å²) in [5, 5.41) is 4.41. The van der Waals surface area contributed by atoms with Gasteiger partial charge in [-0.1, -0.05) is 11.6 Å². The molecular formula is C15H18N2O2S. The van der Waals surface area contributed by atoms with Crippen molar-refractivity contribution in [2.75, 3.05) is 7.11 Å². The van der Waals surface area contributed by atoms with Crippen LogP contribution in [0.3, 0.4) is 0 Å².